The van der Waals surface area contributed by atoms with Crippen molar-refractivity contribution in [2.24, 2.45) is 0 Å². The smallest absolute Gasteiger partial charge is 0.257 e. The fourth-order valence-corrected chi connectivity index (χ4v) is 3.05. The van der Waals surface area contributed by atoms with Gasteiger partial charge in [0.05, 0.1) is 27.1 Å². The van der Waals surface area contributed by atoms with Crippen molar-refractivity contribution in [2.45, 2.75) is 4.90 Å². The molecule has 0 aromatic heterocycles. The molecule has 8 heteroatoms. The van der Waals surface area contributed by atoms with E-state index in [9.17, 15) is 13.2 Å². The Hall–Kier alpha value is -2.40. The van der Waals surface area contributed by atoms with E-state index in [0.717, 1.165) is 4.31 Å². The van der Waals surface area contributed by atoms with E-state index >= 15 is 0 Å². The molecule has 2 aromatic carbocycles. The zero-order valence-electron chi connectivity index (χ0n) is 12.9. The maximum absolute atomic E-state index is 12.4. The molecule has 1 N–H and O–H groups in total. The lowest BCUT2D eigenvalue weighted by Gasteiger charge is -2.13. The zero-order chi connectivity index (χ0) is 17.9. The van der Waals surface area contributed by atoms with E-state index in [0.29, 0.717) is 11.3 Å². The average molecular weight is 364 g/mol. The topological polar surface area (TPSA) is 90.3 Å². The molecule has 0 unspecified atom stereocenters. The first-order valence-corrected chi connectivity index (χ1v) is 8.61. The number of halogens is 1. The molecule has 124 valence electrons. The van der Waals surface area contributed by atoms with Crippen molar-refractivity contribution < 1.29 is 13.2 Å². The second kappa shape index (κ2) is 7.01. The summed E-state index contributed by atoms with van der Waals surface area (Å²) in [5, 5.41) is 11.6. The largest absolute Gasteiger partial charge is 0.322 e. The monoisotopic (exact) mass is 363 g/mol. The van der Waals surface area contributed by atoms with Gasteiger partial charge in [0.2, 0.25) is 10.0 Å². The second-order valence-corrected chi connectivity index (χ2v) is 7.63. The highest BCUT2D eigenvalue weighted by Gasteiger charge is 2.20. The van der Waals surface area contributed by atoms with E-state index in [2.05, 4.69) is 5.32 Å². The first-order valence-electron chi connectivity index (χ1n) is 6.79. The number of rotatable bonds is 4. The predicted octanol–water partition coefficient (Wildman–Crippen LogP) is 2.71. The van der Waals surface area contributed by atoms with Crippen LogP contribution in [0.5, 0.6) is 0 Å². The predicted molar refractivity (Wildman–Crippen MR) is 91.4 cm³/mol. The van der Waals surface area contributed by atoms with Crippen molar-refractivity contribution in [3.63, 3.8) is 0 Å². The molecule has 0 heterocycles. The number of nitriles is 1. The molecule has 0 saturated carbocycles. The van der Waals surface area contributed by atoms with E-state index in [4.69, 9.17) is 16.9 Å². The third kappa shape index (κ3) is 3.74. The van der Waals surface area contributed by atoms with Crippen LogP contribution in [0, 0.1) is 11.3 Å². The maximum atomic E-state index is 12.4. The number of sulfonamides is 1. The summed E-state index contributed by atoms with van der Waals surface area (Å²) in [5.74, 6) is -0.564. The molecule has 2 aromatic rings. The molecule has 6 nitrogen and oxygen atoms in total. The summed E-state index contributed by atoms with van der Waals surface area (Å²) in [7, 11) is -0.882. The van der Waals surface area contributed by atoms with Gasteiger partial charge in [0.1, 0.15) is 0 Å². The van der Waals surface area contributed by atoms with E-state index in [1.807, 2.05) is 6.07 Å². The van der Waals surface area contributed by atoms with Crippen LogP contribution >= 0.6 is 11.6 Å². The lowest BCUT2D eigenvalue weighted by molar-refractivity contribution is 0.102. The molecule has 0 radical (unpaired) electrons. The van der Waals surface area contributed by atoms with Gasteiger partial charge >= 0.3 is 0 Å². The average Bonchev–Trinajstić information content (AvgIpc) is 2.54. The number of hydrogen-bond donors (Lipinski definition) is 1. The molecule has 0 aliphatic carbocycles. The summed E-state index contributed by atoms with van der Waals surface area (Å²) >= 11 is 6.02. The Bertz CT molecular complexity index is 934. The van der Waals surface area contributed by atoms with Gasteiger partial charge < -0.3 is 5.32 Å². The summed E-state index contributed by atoms with van der Waals surface area (Å²) in [6.45, 7) is 0. The molecule has 2 rings (SSSR count). The van der Waals surface area contributed by atoms with Gasteiger partial charge in [-0.05, 0) is 36.4 Å². The molecule has 0 aliphatic rings. The van der Waals surface area contributed by atoms with Crippen LogP contribution in [0.1, 0.15) is 15.9 Å². The molecule has 0 atom stereocenters. The van der Waals surface area contributed by atoms with Gasteiger partial charge in [-0.2, -0.15) is 5.26 Å². The van der Waals surface area contributed by atoms with Gasteiger partial charge in [-0.1, -0.05) is 17.7 Å². The minimum atomic E-state index is -3.68. The number of hydrogen-bond acceptors (Lipinski definition) is 4. The SMILES string of the molecule is CN(C)S(=O)(=O)c1ccc(Cl)c(C(=O)Nc2cccc(C#N)c2)c1. The standard InChI is InChI=1S/C16H14ClN3O3S/c1-20(2)24(22,23)13-6-7-15(17)14(9-13)16(21)19-12-5-3-4-11(8-12)10-18/h3-9H,1-2H3,(H,19,21). The summed E-state index contributed by atoms with van der Waals surface area (Å²) in [4.78, 5) is 12.4. The Morgan fingerprint density at radius 2 is 1.92 bits per heavy atom. The second-order valence-electron chi connectivity index (χ2n) is 5.08. The summed E-state index contributed by atoms with van der Waals surface area (Å²) in [6, 6.07) is 12.2. The maximum Gasteiger partial charge on any atom is 0.257 e. The first-order chi connectivity index (χ1) is 11.3. The number of carbonyl (C=O) groups excluding carboxylic acids is 1. The number of amides is 1. The van der Waals surface area contributed by atoms with Gasteiger partial charge in [0, 0.05) is 19.8 Å². The number of benzene rings is 2. The van der Waals surface area contributed by atoms with Crippen LogP contribution in [-0.2, 0) is 10.0 Å². The van der Waals surface area contributed by atoms with Gasteiger partial charge in [-0.25, -0.2) is 12.7 Å². The van der Waals surface area contributed by atoms with Crippen LogP contribution in [0.3, 0.4) is 0 Å². The number of carbonyl (C=O) groups is 1. The van der Waals surface area contributed by atoms with Crippen molar-refractivity contribution >= 4 is 33.2 Å². The molecule has 0 spiro atoms. The van der Waals surface area contributed by atoms with E-state index in [1.165, 1.54) is 38.4 Å². The summed E-state index contributed by atoms with van der Waals surface area (Å²) < 4.78 is 25.4. The van der Waals surface area contributed by atoms with Crippen LogP contribution in [0.15, 0.2) is 47.4 Å². The highest BCUT2D eigenvalue weighted by atomic mass is 35.5. The van der Waals surface area contributed by atoms with Crippen molar-refractivity contribution in [1.82, 2.24) is 4.31 Å². The Kier molecular flexibility index (Phi) is 5.24. The van der Waals surface area contributed by atoms with Crippen LogP contribution in [0.25, 0.3) is 0 Å². The van der Waals surface area contributed by atoms with E-state index < -0.39 is 15.9 Å². The van der Waals surface area contributed by atoms with Crippen molar-refractivity contribution in [3.8, 4) is 6.07 Å². The van der Waals surface area contributed by atoms with Crippen LogP contribution < -0.4 is 5.32 Å². The lowest BCUT2D eigenvalue weighted by Crippen LogP contribution is -2.23. The molecule has 0 bridgehead atoms. The first kappa shape index (κ1) is 17.9. The van der Waals surface area contributed by atoms with E-state index in [1.54, 1.807) is 18.2 Å². The van der Waals surface area contributed by atoms with Crippen molar-refractivity contribution in [3.05, 3.63) is 58.6 Å². The number of nitrogens with one attached hydrogen (secondary N) is 1. The van der Waals surface area contributed by atoms with Crippen molar-refractivity contribution in [1.29, 1.82) is 5.26 Å². The molecule has 0 saturated heterocycles. The molecule has 24 heavy (non-hydrogen) atoms. The fraction of sp³-hybridized carbons (Fsp3) is 0.125. The quantitative estimate of drug-likeness (QED) is 0.904. The molecular formula is C16H14ClN3O3S. The summed E-state index contributed by atoms with van der Waals surface area (Å²) in [5.41, 5.74) is 0.834. The molecular weight excluding hydrogens is 350 g/mol. The van der Waals surface area contributed by atoms with Crippen LogP contribution in [0.4, 0.5) is 5.69 Å². The minimum Gasteiger partial charge on any atom is -0.322 e. The lowest BCUT2D eigenvalue weighted by atomic mass is 10.2. The van der Waals surface area contributed by atoms with E-state index in [-0.39, 0.29) is 15.5 Å². The van der Waals surface area contributed by atoms with Crippen LogP contribution in [-0.4, -0.2) is 32.7 Å². The molecule has 0 fully saturated rings. The van der Waals surface area contributed by atoms with Crippen LogP contribution in [0.2, 0.25) is 5.02 Å². The fourth-order valence-electron chi connectivity index (χ4n) is 1.91. The van der Waals surface area contributed by atoms with Gasteiger partial charge in [-0.15, -0.1) is 0 Å². The van der Waals surface area contributed by atoms with Gasteiger partial charge in [0.15, 0.2) is 0 Å². The highest BCUT2D eigenvalue weighted by Crippen LogP contribution is 2.23. The Labute approximate surface area is 145 Å². The minimum absolute atomic E-state index is 0.0296. The number of anilines is 1. The summed E-state index contributed by atoms with van der Waals surface area (Å²) in [6.07, 6.45) is 0. The molecule has 1 amide bonds. The zero-order valence-corrected chi connectivity index (χ0v) is 14.5. The Balaban J connectivity index is 2.37. The Morgan fingerprint density at radius 1 is 1.21 bits per heavy atom. The van der Waals surface area contributed by atoms with Crippen molar-refractivity contribution in [2.75, 3.05) is 19.4 Å². The third-order valence-electron chi connectivity index (χ3n) is 3.21. The third-order valence-corrected chi connectivity index (χ3v) is 5.35. The highest BCUT2D eigenvalue weighted by molar-refractivity contribution is 7.89. The molecule has 0 aliphatic heterocycles. The van der Waals surface area contributed by atoms with Gasteiger partial charge in [-0.3, -0.25) is 4.79 Å². The number of nitrogens with zero attached hydrogens (tertiary/aromatic N) is 2. The normalized spacial score (nSPS) is 11.1. The Morgan fingerprint density at radius 3 is 2.54 bits per heavy atom. The van der Waals surface area contributed by atoms with Gasteiger partial charge in [0.25, 0.3) is 5.91 Å².